The number of aromatic carboxylic acids is 1. The molecule has 1 aromatic carbocycles. The highest BCUT2D eigenvalue weighted by Gasteiger charge is 2.18. The maximum Gasteiger partial charge on any atom is 0.339 e. The van der Waals surface area contributed by atoms with Gasteiger partial charge in [0.05, 0.1) is 18.5 Å². The lowest BCUT2D eigenvalue weighted by molar-refractivity contribution is 0.0691. The van der Waals surface area contributed by atoms with Gasteiger partial charge in [-0.15, -0.1) is 0 Å². The van der Waals surface area contributed by atoms with Gasteiger partial charge in [-0.1, -0.05) is 12.1 Å². The molecule has 18 heavy (non-hydrogen) atoms. The molecule has 0 bridgehead atoms. The van der Waals surface area contributed by atoms with E-state index < -0.39 is 5.97 Å². The first-order chi connectivity index (χ1) is 8.65. The number of phenols is 1. The molecule has 2 rings (SSSR count). The molecule has 0 spiro atoms. The van der Waals surface area contributed by atoms with E-state index in [1.165, 1.54) is 24.1 Å². The Morgan fingerprint density at radius 3 is 2.78 bits per heavy atom. The van der Waals surface area contributed by atoms with E-state index in [0.717, 1.165) is 0 Å². The highest BCUT2D eigenvalue weighted by atomic mass is 16.5. The molecule has 0 aliphatic heterocycles. The molecule has 0 aliphatic rings. The van der Waals surface area contributed by atoms with Crippen molar-refractivity contribution in [2.24, 2.45) is 0 Å². The molecule has 0 saturated heterocycles. The maximum absolute atomic E-state index is 11.1. The molecule has 1 heterocycles. The van der Waals surface area contributed by atoms with Gasteiger partial charge in [-0.05, 0) is 12.1 Å². The Hall–Kier alpha value is -2.34. The molecule has 6 nitrogen and oxygen atoms in total. The molecular formula is C12H12N2O4. The van der Waals surface area contributed by atoms with Gasteiger partial charge in [0.25, 0.3) is 0 Å². The summed E-state index contributed by atoms with van der Waals surface area (Å²) in [7, 11) is 1.47. The monoisotopic (exact) mass is 248 g/mol. The van der Waals surface area contributed by atoms with Gasteiger partial charge in [0.2, 0.25) is 0 Å². The normalized spacial score (nSPS) is 10.5. The summed E-state index contributed by atoms with van der Waals surface area (Å²) in [5, 5.41) is 22.8. The quantitative estimate of drug-likeness (QED) is 0.854. The van der Waals surface area contributed by atoms with Gasteiger partial charge >= 0.3 is 5.97 Å². The number of carboxylic acid groups (broad SMARTS) is 1. The Bertz CT molecular complexity index is 577. The smallest absolute Gasteiger partial charge is 0.339 e. The molecule has 0 fully saturated rings. The fraction of sp³-hybridized carbons (Fsp3) is 0.167. The van der Waals surface area contributed by atoms with Crippen molar-refractivity contribution in [2.75, 3.05) is 7.11 Å². The molecule has 6 heteroatoms. The summed E-state index contributed by atoms with van der Waals surface area (Å²) < 4.78 is 6.34. The molecule has 2 aromatic rings. The predicted molar refractivity (Wildman–Crippen MR) is 62.9 cm³/mol. The number of hydrogen-bond acceptors (Lipinski definition) is 4. The minimum Gasteiger partial charge on any atom is -0.506 e. The van der Waals surface area contributed by atoms with Gasteiger partial charge in [0, 0.05) is 7.11 Å². The van der Waals surface area contributed by atoms with Crippen LogP contribution in [0.1, 0.15) is 16.1 Å². The SMILES string of the molecule is COCc1c(C(=O)O)cnn1-c1ccccc1O. The molecular weight excluding hydrogens is 236 g/mol. The van der Waals surface area contributed by atoms with Crippen LogP contribution in [-0.4, -0.2) is 33.1 Å². The van der Waals surface area contributed by atoms with Crippen LogP contribution in [0.4, 0.5) is 0 Å². The standard InChI is InChI=1S/C12H12N2O4/c1-18-7-10-8(12(16)17)6-13-14(10)9-4-2-3-5-11(9)15/h2-6,15H,7H2,1H3,(H,16,17). The number of hydrogen-bond donors (Lipinski definition) is 2. The van der Waals surface area contributed by atoms with Gasteiger partial charge in [-0.25, -0.2) is 9.48 Å². The zero-order chi connectivity index (χ0) is 13.1. The number of phenolic OH excluding ortho intramolecular Hbond substituents is 1. The van der Waals surface area contributed by atoms with E-state index in [4.69, 9.17) is 9.84 Å². The van der Waals surface area contributed by atoms with Crippen LogP contribution in [0.25, 0.3) is 5.69 Å². The maximum atomic E-state index is 11.1. The largest absolute Gasteiger partial charge is 0.506 e. The number of rotatable bonds is 4. The third-order valence-corrected chi connectivity index (χ3v) is 2.49. The second-order valence-electron chi connectivity index (χ2n) is 3.64. The van der Waals surface area contributed by atoms with Crippen LogP contribution in [0, 0.1) is 0 Å². The van der Waals surface area contributed by atoms with Crippen molar-refractivity contribution in [2.45, 2.75) is 6.61 Å². The number of aromatic nitrogens is 2. The molecule has 0 atom stereocenters. The summed E-state index contributed by atoms with van der Waals surface area (Å²) in [4.78, 5) is 11.1. The highest BCUT2D eigenvalue weighted by molar-refractivity contribution is 5.88. The van der Waals surface area contributed by atoms with Gasteiger partial charge in [0.15, 0.2) is 0 Å². The fourth-order valence-electron chi connectivity index (χ4n) is 1.68. The molecule has 0 radical (unpaired) electrons. The number of carbonyl (C=O) groups is 1. The van der Waals surface area contributed by atoms with Gasteiger partial charge < -0.3 is 14.9 Å². The van der Waals surface area contributed by atoms with E-state index in [1.54, 1.807) is 18.2 Å². The lowest BCUT2D eigenvalue weighted by atomic mass is 10.2. The number of aromatic hydroxyl groups is 1. The van der Waals surface area contributed by atoms with Gasteiger partial charge in [-0.2, -0.15) is 5.10 Å². The molecule has 0 amide bonds. The minimum atomic E-state index is -1.08. The number of methoxy groups -OCH3 is 1. The molecule has 1 aromatic heterocycles. The third kappa shape index (κ3) is 2.05. The van der Waals surface area contributed by atoms with Crippen molar-refractivity contribution < 1.29 is 19.7 Å². The lowest BCUT2D eigenvalue weighted by Gasteiger charge is -2.09. The van der Waals surface area contributed by atoms with E-state index in [-0.39, 0.29) is 17.9 Å². The summed E-state index contributed by atoms with van der Waals surface area (Å²) in [6, 6.07) is 6.56. The van der Waals surface area contributed by atoms with Crippen LogP contribution < -0.4 is 0 Å². The molecule has 2 N–H and O–H groups in total. The predicted octanol–water partition coefficient (Wildman–Crippen LogP) is 1.42. The van der Waals surface area contributed by atoms with Crippen LogP contribution in [0.5, 0.6) is 5.75 Å². The Morgan fingerprint density at radius 1 is 1.44 bits per heavy atom. The van der Waals surface area contributed by atoms with Crippen molar-refractivity contribution in [3.63, 3.8) is 0 Å². The van der Waals surface area contributed by atoms with E-state index in [9.17, 15) is 9.90 Å². The van der Waals surface area contributed by atoms with Crippen molar-refractivity contribution in [1.29, 1.82) is 0 Å². The van der Waals surface area contributed by atoms with Crippen LogP contribution in [0.2, 0.25) is 0 Å². The summed E-state index contributed by atoms with van der Waals surface area (Å²) in [5.74, 6) is -1.06. The summed E-state index contributed by atoms with van der Waals surface area (Å²) in [6.45, 7) is 0.0932. The van der Waals surface area contributed by atoms with Crippen molar-refractivity contribution in [3.8, 4) is 11.4 Å². The Balaban J connectivity index is 2.58. The number of ether oxygens (including phenoxy) is 1. The summed E-state index contributed by atoms with van der Waals surface area (Å²) in [5.41, 5.74) is 0.851. The molecule has 0 aliphatic carbocycles. The van der Waals surface area contributed by atoms with Crippen LogP contribution >= 0.6 is 0 Å². The van der Waals surface area contributed by atoms with Crippen LogP contribution in [-0.2, 0) is 11.3 Å². The zero-order valence-electron chi connectivity index (χ0n) is 9.70. The number of carboxylic acids is 1. The van der Waals surface area contributed by atoms with Crippen LogP contribution in [0.3, 0.4) is 0 Å². The zero-order valence-corrected chi connectivity index (χ0v) is 9.70. The first-order valence-corrected chi connectivity index (χ1v) is 5.22. The van der Waals surface area contributed by atoms with E-state index in [2.05, 4.69) is 5.10 Å². The Kier molecular flexibility index (Phi) is 3.29. The Morgan fingerprint density at radius 2 is 2.17 bits per heavy atom. The van der Waals surface area contributed by atoms with E-state index >= 15 is 0 Å². The van der Waals surface area contributed by atoms with Crippen LogP contribution in [0.15, 0.2) is 30.5 Å². The molecule has 94 valence electrons. The second kappa shape index (κ2) is 4.89. The average molecular weight is 248 g/mol. The molecule has 0 unspecified atom stereocenters. The third-order valence-electron chi connectivity index (χ3n) is 2.49. The van der Waals surface area contributed by atoms with Gasteiger partial charge in [0.1, 0.15) is 17.0 Å². The van der Waals surface area contributed by atoms with Crippen molar-refractivity contribution in [3.05, 3.63) is 41.7 Å². The van der Waals surface area contributed by atoms with Gasteiger partial charge in [-0.3, -0.25) is 0 Å². The minimum absolute atomic E-state index is 0.0230. The first kappa shape index (κ1) is 12.1. The number of nitrogens with zero attached hydrogens (tertiary/aromatic N) is 2. The van der Waals surface area contributed by atoms with Crippen molar-refractivity contribution in [1.82, 2.24) is 9.78 Å². The number of benzene rings is 1. The van der Waals surface area contributed by atoms with E-state index in [1.807, 2.05) is 0 Å². The highest BCUT2D eigenvalue weighted by Crippen LogP contribution is 2.23. The fourth-order valence-corrected chi connectivity index (χ4v) is 1.68. The second-order valence-corrected chi connectivity index (χ2v) is 3.64. The summed E-state index contributed by atoms with van der Waals surface area (Å²) >= 11 is 0. The Labute approximate surface area is 103 Å². The number of para-hydroxylation sites is 2. The first-order valence-electron chi connectivity index (χ1n) is 5.22. The average Bonchev–Trinajstić information content (AvgIpc) is 2.74. The molecule has 0 saturated carbocycles. The van der Waals surface area contributed by atoms with E-state index in [0.29, 0.717) is 11.4 Å². The topological polar surface area (TPSA) is 84.6 Å². The summed E-state index contributed by atoms with van der Waals surface area (Å²) in [6.07, 6.45) is 1.24. The lowest BCUT2D eigenvalue weighted by Crippen LogP contribution is -2.07. The van der Waals surface area contributed by atoms with Crippen molar-refractivity contribution >= 4 is 5.97 Å².